The van der Waals surface area contributed by atoms with Crippen molar-refractivity contribution < 1.29 is 21.6 Å². The molecule has 7 nitrogen and oxygen atoms in total. The van der Waals surface area contributed by atoms with Gasteiger partial charge in [0, 0.05) is 48.4 Å². The highest BCUT2D eigenvalue weighted by Gasteiger charge is 2.32. The zero-order valence-electron chi connectivity index (χ0n) is 18.4. The van der Waals surface area contributed by atoms with Crippen molar-refractivity contribution in [2.45, 2.75) is 11.1 Å². The van der Waals surface area contributed by atoms with Crippen molar-refractivity contribution in [3.8, 4) is 33.1 Å². The van der Waals surface area contributed by atoms with Gasteiger partial charge in [0.25, 0.3) is 0 Å². The van der Waals surface area contributed by atoms with Crippen molar-refractivity contribution in [1.29, 1.82) is 0 Å². The van der Waals surface area contributed by atoms with E-state index in [1.165, 1.54) is 40.4 Å². The number of benzene rings is 2. The van der Waals surface area contributed by atoms with E-state index in [0.717, 1.165) is 12.1 Å². The molecule has 5 rings (SSSR count). The average molecular weight is 518 g/mol. The number of hydrogen-bond acceptors (Lipinski definition) is 5. The van der Waals surface area contributed by atoms with Gasteiger partial charge in [0.1, 0.15) is 5.01 Å². The number of alkyl halides is 3. The maximum absolute atomic E-state index is 13.7. The Kier molecular flexibility index (Phi) is 5.34. The molecule has 3 heterocycles. The third-order valence-electron chi connectivity index (χ3n) is 5.85. The monoisotopic (exact) mass is 517 g/mol. The number of thiazole rings is 1. The lowest BCUT2D eigenvalue weighted by Crippen LogP contribution is -2.12. The molecule has 0 aliphatic carbocycles. The van der Waals surface area contributed by atoms with Crippen LogP contribution in [-0.2, 0) is 30.3 Å². The van der Waals surface area contributed by atoms with Crippen molar-refractivity contribution in [2.75, 3.05) is 0 Å². The fraction of sp³-hybridized carbons (Fsp3) is 0.130. The summed E-state index contributed by atoms with van der Waals surface area (Å²) in [7, 11) is -0.559. The van der Waals surface area contributed by atoms with E-state index in [0.29, 0.717) is 44.0 Å². The van der Waals surface area contributed by atoms with E-state index in [4.69, 9.17) is 5.14 Å². The van der Waals surface area contributed by atoms with Gasteiger partial charge < -0.3 is 4.57 Å². The van der Waals surface area contributed by atoms with Gasteiger partial charge in [0.05, 0.1) is 27.4 Å². The Balaban J connectivity index is 1.92. The molecule has 2 N–H and O–H groups in total. The number of fused-ring (bicyclic) bond motifs is 1. The van der Waals surface area contributed by atoms with Crippen LogP contribution in [0.25, 0.3) is 44.0 Å². The average Bonchev–Trinajstić information content (AvgIpc) is 3.52. The first kappa shape index (κ1) is 23.3. The van der Waals surface area contributed by atoms with Crippen molar-refractivity contribution in [3.05, 3.63) is 65.8 Å². The summed E-state index contributed by atoms with van der Waals surface area (Å²) >= 11 is 1.37. The SMILES string of the molecule is Cn1nccc1-c1cc(C(F)(F)F)ccc1-c1c(-c2nccs2)n(C)c2cc(S(N)(=O)=O)ccc12. The van der Waals surface area contributed by atoms with Gasteiger partial charge in [-0.05, 0) is 35.9 Å². The Morgan fingerprint density at radius 3 is 2.37 bits per heavy atom. The number of halogens is 3. The second-order valence-electron chi connectivity index (χ2n) is 7.94. The zero-order valence-corrected chi connectivity index (χ0v) is 20.0. The fourth-order valence-corrected chi connectivity index (χ4v) is 5.50. The largest absolute Gasteiger partial charge is 0.416 e. The predicted molar refractivity (Wildman–Crippen MR) is 128 cm³/mol. The normalized spacial score (nSPS) is 12.5. The van der Waals surface area contributed by atoms with E-state index >= 15 is 0 Å². The van der Waals surface area contributed by atoms with Gasteiger partial charge in [0.15, 0.2) is 0 Å². The predicted octanol–water partition coefficient (Wildman–Crippen LogP) is 5.04. The second-order valence-corrected chi connectivity index (χ2v) is 10.4. The van der Waals surface area contributed by atoms with Crippen LogP contribution in [0.4, 0.5) is 13.2 Å². The molecular weight excluding hydrogens is 499 g/mol. The molecule has 0 aliphatic rings. The van der Waals surface area contributed by atoms with Crippen molar-refractivity contribution in [3.63, 3.8) is 0 Å². The molecule has 0 spiro atoms. The first-order valence-corrected chi connectivity index (χ1v) is 12.6. The molecule has 0 radical (unpaired) electrons. The van der Waals surface area contributed by atoms with Gasteiger partial charge >= 0.3 is 6.18 Å². The van der Waals surface area contributed by atoms with Crippen LogP contribution >= 0.6 is 11.3 Å². The van der Waals surface area contributed by atoms with Crippen LogP contribution in [0.1, 0.15) is 5.56 Å². The van der Waals surface area contributed by atoms with Gasteiger partial charge in [-0.2, -0.15) is 18.3 Å². The van der Waals surface area contributed by atoms with Crippen molar-refractivity contribution in [1.82, 2.24) is 19.3 Å². The third-order valence-corrected chi connectivity index (χ3v) is 7.54. The maximum atomic E-state index is 13.7. The zero-order chi connectivity index (χ0) is 25.1. The molecule has 0 atom stereocenters. The summed E-state index contributed by atoms with van der Waals surface area (Å²) in [5.74, 6) is 0. The van der Waals surface area contributed by atoms with Crippen molar-refractivity contribution in [2.24, 2.45) is 19.2 Å². The molecule has 0 saturated carbocycles. The smallest absolute Gasteiger partial charge is 0.341 e. The first-order chi connectivity index (χ1) is 16.5. The number of nitrogens with two attached hydrogens (primary N) is 1. The Morgan fingerprint density at radius 2 is 1.77 bits per heavy atom. The number of aryl methyl sites for hydroxylation is 2. The van der Waals surface area contributed by atoms with E-state index in [2.05, 4.69) is 10.1 Å². The molecule has 35 heavy (non-hydrogen) atoms. The summed E-state index contributed by atoms with van der Waals surface area (Å²) in [4.78, 5) is 4.36. The molecular formula is C23H18F3N5O2S2. The minimum atomic E-state index is -4.53. The van der Waals surface area contributed by atoms with E-state index in [1.807, 2.05) is 0 Å². The van der Waals surface area contributed by atoms with Crippen LogP contribution < -0.4 is 5.14 Å². The van der Waals surface area contributed by atoms with Crippen LogP contribution in [0.2, 0.25) is 0 Å². The topological polar surface area (TPSA) is 95.8 Å². The van der Waals surface area contributed by atoms with Gasteiger partial charge in [0.2, 0.25) is 10.0 Å². The summed E-state index contributed by atoms with van der Waals surface area (Å²) in [5.41, 5.74) is 2.39. The minimum absolute atomic E-state index is 0.0675. The lowest BCUT2D eigenvalue weighted by molar-refractivity contribution is -0.137. The van der Waals surface area contributed by atoms with E-state index in [9.17, 15) is 21.6 Å². The number of hydrogen-bond donors (Lipinski definition) is 1. The van der Waals surface area contributed by atoms with Gasteiger partial charge in [-0.25, -0.2) is 18.5 Å². The maximum Gasteiger partial charge on any atom is 0.416 e. The van der Waals surface area contributed by atoms with E-state index in [-0.39, 0.29) is 4.90 Å². The van der Waals surface area contributed by atoms with Crippen LogP contribution in [0, 0.1) is 0 Å². The quantitative estimate of drug-likeness (QED) is 0.362. The van der Waals surface area contributed by atoms with Crippen LogP contribution in [0.5, 0.6) is 0 Å². The third kappa shape index (κ3) is 3.93. The van der Waals surface area contributed by atoms with Gasteiger partial charge in [-0.3, -0.25) is 4.68 Å². The molecule has 0 amide bonds. The molecule has 0 aliphatic heterocycles. The molecule has 2 aromatic carbocycles. The molecule has 0 saturated heterocycles. The summed E-state index contributed by atoms with van der Waals surface area (Å²) in [6, 6.07) is 9.69. The Morgan fingerprint density at radius 1 is 1.00 bits per heavy atom. The fourth-order valence-electron chi connectivity index (χ4n) is 4.25. The van der Waals surface area contributed by atoms with E-state index in [1.54, 1.807) is 42.4 Å². The molecule has 0 unspecified atom stereocenters. The molecule has 5 aromatic rings. The Labute approximate surface area is 202 Å². The molecule has 12 heteroatoms. The van der Waals surface area contributed by atoms with Crippen LogP contribution in [0.15, 0.2) is 65.1 Å². The lowest BCUT2D eigenvalue weighted by atomic mass is 9.93. The molecule has 3 aromatic heterocycles. The van der Waals surface area contributed by atoms with E-state index < -0.39 is 21.8 Å². The number of nitrogens with zero attached hydrogens (tertiary/aromatic N) is 4. The highest BCUT2D eigenvalue weighted by atomic mass is 32.2. The number of aromatic nitrogens is 4. The molecule has 0 fully saturated rings. The highest BCUT2D eigenvalue weighted by Crippen LogP contribution is 2.46. The lowest BCUT2D eigenvalue weighted by Gasteiger charge is -2.15. The Bertz CT molecular complexity index is 1680. The minimum Gasteiger partial charge on any atom is -0.341 e. The molecule has 180 valence electrons. The summed E-state index contributed by atoms with van der Waals surface area (Å²) in [5, 5.41) is 12.6. The summed E-state index contributed by atoms with van der Waals surface area (Å²) < 4.78 is 68.3. The standard InChI is InChI=1S/C23H18F3N5O2S2/c1-30-19-12-14(35(27,32)33)4-6-16(19)20(21(30)22-28-9-10-34-22)15-5-3-13(23(24,25)26)11-17(15)18-7-8-29-31(18)2/h3-12H,1-2H3,(H2,27,32,33). The number of sulfonamides is 1. The second kappa shape index (κ2) is 8.04. The number of rotatable bonds is 4. The Hall–Kier alpha value is -3.48. The first-order valence-electron chi connectivity index (χ1n) is 10.2. The van der Waals surface area contributed by atoms with Crippen LogP contribution in [-0.4, -0.2) is 27.7 Å². The highest BCUT2D eigenvalue weighted by molar-refractivity contribution is 7.89. The molecule has 0 bridgehead atoms. The van der Waals surface area contributed by atoms with Crippen molar-refractivity contribution >= 4 is 32.3 Å². The summed E-state index contributed by atoms with van der Waals surface area (Å²) in [6.45, 7) is 0. The van der Waals surface area contributed by atoms with Crippen LogP contribution in [0.3, 0.4) is 0 Å². The van der Waals surface area contributed by atoms with Gasteiger partial charge in [-0.1, -0.05) is 12.1 Å². The summed E-state index contributed by atoms with van der Waals surface area (Å²) in [6.07, 6.45) is -1.39. The van der Waals surface area contributed by atoms with Gasteiger partial charge in [-0.15, -0.1) is 11.3 Å². The number of primary sulfonamides is 1.